The van der Waals surface area contributed by atoms with Gasteiger partial charge in [0.05, 0.1) is 32.5 Å². The van der Waals surface area contributed by atoms with E-state index in [2.05, 4.69) is 15.5 Å². The number of hydrogen-bond acceptors (Lipinski definition) is 5. The predicted octanol–water partition coefficient (Wildman–Crippen LogP) is 0.297. The van der Waals surface area contributed by atoms with Crippen molar-refractivity contribution in [2.75, 3.05) is 58.9 Å². The molecule has 0 aliphatic carbocycles. The average Bonchev–Trinajstić information content (AvgIpc) is 2.23. The lowest BCUT2D eigenvalue weighted by atomic mass is 10.2. The molecule has 0 spiro atoms. The van der Waals surface area contributed by atoms with Crippen LogP contribution in [0.3, 0.4) is 0 Å². The van der Waals surface area contributed by atoms with Gasteiger partial charge in [-0.05, 0) is 6.26 Å². The summed E-state index contributed by atoms with van der Waals surface area (Å²) in [5.74, 6) is 0. The summed E-state index contributed by atoms with van der Waals surface area (Å²) in [5, 5.41) is 0. The molecule has 2 aliphatic rings. The van der Waals surface area contributed by atoms with Gasteiger partial charge in [0.15, 0.2) is 0 Å². The zero-order valence-electron chi connectivity index (χ0n) is 9.35. The van der Waals surface area contributed by atoms with Crippen LogP contribution < -0.4 is 0 Å². The van der Waals surface area contributed by atoms with E-state index in [0.29, 0.717) is 6.04 Å². The second-order valence-corrected chi connectivity index (χ2v) is 4.80. The quantitative estimate of drug-likeness (QED) is 0.635. The third-order valence-corrected chi connectivity index (χ3v) is 3.95. The largest absolute Gasteiger partial charge is 0.379 e. The van der Waals surface area contributed by atoms with Gasteiger partial charge >= 0.3 is 0 Å². The minimum atomic E-state index is 0.640. The first-order valence-corrected chi connectivity index (χ1v) is 6.77. The van der Waals surface area contributed by atoms with Gasteiger partial charge in [0.1, 0.15) is 0 Å². The number of rotatable bonds is 5. The molecular formula is C10H20N2O2S. The van der Waals surface area contributed by atoms with Gasteiger partial charge in [0.2, 0.25) is 0 Å². The van der Waals surface area contributed by atoms with Crippen LogP contribution in [0.5, 0.6) is 0 Å². The topological polar surface area (TPSA) is 24.9 Å². The molecule has 2 saturated heterocycles. The molecule has 2 rings (SSSR count). The second-order valence-electron chi connectivity index (χ2n) is 3.97. The van der Waals surface area contributed by atoms with Crippen molar-refractivity contribution in [1.29, 1.82) is 0 Å². The Morgan fingerprint density at radius 1 is 1.27 bits per heavy atom. The molecule has 0 N–H and O–H groups in total. The highest BCUT2D eigenvalue weighted by molar-refractivity contribution is 7.96. The van der Waals surface area contributed by atoms with E-state index in [0.717, 1.165) is 52.6 Å². The van der Waals surface area contributed by atoms with Crippen molar-refractivity contribution < 1.29 is 9.47 Å². The van der Waals surface area contributed by atoms with Gasteiger partial charge in [-0.2, -0.15) is 0 Å². The normalized spacial score (nSPS) is 24.4. The van der Waals surface area contributed by atoms with Crippen LogP contribution in [0.1, 0.15) is 0 Å². The van der Waals surface area contributed by atoms with Gasteiger partial charge in [-0.3, -0.25) is 4.90 Å². The Kier molecular flexibility index (Phi) is 4.71. The second kappa shape index (κ2) is 6.06. The molecular weight excluding hydrogens is 212 g/mol. The van der Waals surface area contributed by atoms with E-state index in [4.69, 9.17) is 9.47 Å². The summed E-state index contributed by atoms with van der Waals surface area (Å²) in [7, 11) is 0. The average molecular weight is 232 g/mol. The predicted molar refractivity (Wildman–Crippen MR) is 62.1 cm³/mol. The Balaban J connectivity index is 1.65. The molecule has 5 heteroatoms. The summed E-state index contributed by atoms with van der Waals surface area (Å²) in [6, 6.07) is 0.640. The first-order valence-electron chi connectivity index (χ1n) is 5.59. The Bertz CT molecular complexity index is 184. The molecule has 4 nitrogen and oxygen atoms in total. The van der Waals surface area contributed by atoms with E-state index >= 15 is 0 Å². The minimum Gasteiger partial charge on any atom is -0.379 e. The molecule has 2 fully saturated rings. The third-order valence-electron chi connectivity index (χ3n) is 3.00. The van der Waals surface area contributed by atoms with E-state index < -0.39 is 0 Å². The van der Waals surface area contributed by atoms with Gasteiger partial charge in [0.25, 0.3) is 0 Å². The molecule has 0 aromatic carbocycles. The van der Waals surface area contributed by atoms with E-state index in [9.17, 15) is 0 Å². The fourth-order valence-electron chi connectivity index (χ4n) is 1.88. The zero-order chi connectivity index (χ0) is 10.5. The SMILES string of the molecule is CSN(CCN1CCOCC1)C1COC1. The highest BCUT2D eigenvalue weighted by atomic mass is 32.2. The standard InChI is InChI=1S/C10H20N2O2S/c1-15-12(10-8-14-9-10)3-2-11-4-6-13-7-5-11/h10H,2-9H2,1H3. The van der Waals surface area contributed by atoms with Crippen molar-refractivity contribution in [1.82, 2.24) is 9.21 Å². The van der Waals surface area contributed by atoms with Gasteiger partial charge in [-0.1, -0.05) is 11.9 Å². The summed E-state index contributed by atoms with van der Waals surface area (Å²) in [6.07, 6.45) is 2.15. The summed E-state index contributed by atoms with van der Waals surface area (Å²) in [4.78, 5) is 2.48. The third kappa shape index (κ3) is 3.32. The van der Waals surface area contributed by atoms with Crippen molar-refractivity contribution in [3.63, 3.8) is 0 Å². The number of ether oxygens (including phenoxy) is 2. The number of hydrogen-bond donors (Lipinski definition) is 0. The summed E-state index contributed by atoms with van der Waals surface area (Å²) < 4.78 is 13.0. The molecule has 0 saturated carbocycles. The van der Waals surface area contributed by atoms with Gasteiger partial charge in [-0.15, -0.1) is 0 Å². The highest BCUT2D eigenvalue weighted by Crippen LogP contribution is 2.17. The van der Waals surface area contributed by atoms with Crippen LogP contribution >= 0.6 is 11.9 Å². The summed E-state index contributed by atoms with van der Waals surface area (Å²) in [5.41, 5.74) is 0. The van der Waals surface area contributed by atoms with Crippen LogP contribution in [-0.2, 0) is 9.47 Å². The van der Waals surface area contributed by atoms with Crippen LogP contribution in [0.4, 0.5) is 0 Å². The molecule has 0 radical (unpaired) electrons. The van der Waals surface area contributed by atoms with Crippen molar-refractivity contribution in [2.45, 2.75) is 6.04 Å². The van der Waals surface area contributed by atoms with Crippen LogP contribution in [-0.4, -0.2) is 74.1 Å². The summed E-state index contributed by atoms with van der Waals surface area (Å²) >= 11 is 1.84. The lowest BCUT2D eigenvalue weighted by Crippen LogP contribution is -2.48. The maximum atomic E-state index is 5.33. The molecule has 0 bridgehead atoms. The fourth-order valence-corrected chi connectivity index (χ4v) is 2.56. The highest BCUT2D eigenvalue weighted by Gasteiger charge is 2.25. The van der Waals surface area contributed by atoms with Crippen LogP contribution in [0.25, 0.3) is 0 Å². The maximum absolute atomic E-state index is 5.33. The van der Waals surface area contributed by atoms with E-state index in [1.165, 1.54) is 0 Å². The molecule has 2 heterocycles. The Morgan fingerprint density at radius 3 is 2.53 bits per heavy atom. The zero-order valence-corrected chi connectivity index (χ0v) is 10.2. The van der Waals surface area contributed by atoms with E-state index in [1.807, 2.05) is 11.9 Å². The Labute approximate surface area is 96.0 Å². The van der Waals surface area contributed by atoms with Gasteiger partial charge in [0, 0.05) is 26.2 Å². The molecule has 0 unspecified atom stereocenters. The smallest absolute Gasteiger partial charge is 0.0670 e. The first kappa shape index (κ1) is 11.7. The maximum Gasteiger partial charge on any atom is 0.0670 e. The fraction of sp³-hybridized carbons (Fsp3) is 1.00. The molecule has 2 aliphatic heterocycles. The molecule has 88 valence electrons. The molecule has 0 amide bonds. The minimum absolute atomic E-state index is 0.640. The van der Waals surface area contributed by atoms with E-state index in [-0.39, 0.29) is 0 Å². The first-order chi connectivity index (χ1) is 7.40. The lowest BCUT2D eigenvalue weighted by molar-refractivity contribution is -0.0370. The molecule has 15 heavy (non-hydrogen) atoms. The van der Waals surface area contributed by atoms with Crippen molar-refractivity contribution >= 4 is 11.9 Å². The lowest BCUT2D eigenvalue weighted by Gasteiger charge is -2.37. The molecule has 0 aromatic rings. The molecule has 0 aromatic heterocycles. The van der Waals surface area contributed by atoms with Crippen LogP contribution in [0, 0.1) is 0 Å². The number of morpholine rings is 1. The van der Waals surface area contributed by atoms with Gasteiger partial charge in [-0.25, -0.2) is 4.31 Å². The summed E-state index contributed by atoms with van der Waals surface area (Å²) in [6.45, 7) is 8.06. The van der Waals surface area contributed by atoms with Crippen LogP contribution in [0.15, 0.2) is 0 Å². The van der Waals surface area contributed by atoms with Crippen molar-refractivity contribution in [2.24, 2.45) is 0 Å². The number of nitrogens with zero attached hydrogens (tertiary/aromatic N) is 2. The van der Waals surface area contributed by atoms with Gasteiger partial charge < -0.3 is 9.47 Å². The van der Waals surface area contributed by atoms with Crippen molar-refractivity contribution in [3.05, 3.63) is 0 Å². The Morgan fingerprint density at radius 2 is 2.00 bits per heavy atom. The van der Waals surface area contributed by atoms with Crippen LogP contribution in [0.2, 0.25) is 0 Å². The van der Waals surface area contributed by atoms with E-state index in [1.54, 1.807) is 0 Å². The molecule has 0 atom stereocenters. The monoisotopic (exact) mass is 232 g/mol. The Hall–Kier alpha value is 0.190. The van der Waals surface area contributed by atoms with Crippen molar-refractivity contribution in [3.8, 4) is 0 Å².